The highest BCUT2D eigenvalue weighted by Crippen LogP contribution is 2.32. The number of pyridine rings is 1. The van der Waals surface area contributed by atoms with Gasteiger partial charge in [-0.2, -0.15) is 8.78 Å². The van der Waals surface area contributed by atoms with Gasteiger partial charge in [0.1, 0.15) is 17.3 Å². The fourth-order valence-electron chi connectivity index (χ4n) is 1.86. The van der Waals surface area contributed by atoms with E-state index in [9.17, 15) is 18.3 Å². The molecular weight excluding hydrogens is 271 g/mol. The summed E-state index contributed by atoms with van der Waals surface area (Å²) >= 11 is 0. The molecule has 6 heteroatoms. The number of rotatable bonds is 4. The topological polar surface area (TPSA) is 42.4 Å². The molecule has 0 bridgehead atoms. The van der Waals surface area contributed by atoms with Crippen LogP contribution in [0.15, 0.2) is 36.5 Å². The predicted molar refractivity (Wildman–Crippen MR) is 66.9 cm³/mol. The summed E-state index contributed by atoms with van der Waals surface area (Å²) in [6, 6.07) is 6.60. The first-order valence-corrected chi connectivity index (χ1v) is 5.86. The van der Waals surface area contributed by atoms with E-state index in [1.807, 2.05) is 0 Å². The third kappa shape index (κ3) is 3.08. The van der Waals surface area contributed by atoms with Crippen LogP contribution in [0.5, 0.6) is 5.75 Å². The number of aromatic nitrogens is 1. The van der Waals surface area contributed by atoms with Crippen molar-refractivity contribution < 1.29 is 23.0 Å². The van der Waals surface area contributed by atoms with Gasteiger partial charge in [0.2, 0.25) is 0 Å². The van der Waals surface area contributed by atoms with Crippen molar-refractivity contribution in [2.45, 2.75) is 19.6 Å². The Labute approximate surface area is 113 Å². The Morgan fingerprint density at radius 2 is 2.00 bits per heavy atom. The molecule has 2 rings (SSSR count). The third-order valence-corrected chi connectivity index (χ3v) is 2.71. The number of alkyl halides is 2. The highest BCUT2D eigenvalue weighted by molar-refractivity contribution is 5.66. The summed E-state index contributed by atoms with van der Waals surface area (Å²) in [5.74, 6) is -0.659. The van der Waals surface area contributed by atoms with Crippen LogP contribution >= 0.6 is 0 Å². The predicted octanol–water partition coefficient (Wildman–Crippen LogP) is 3.54. The van der Waals surface area contributed by atoms with Crippen LogP contribution in [0.2, 0.25) is 0 Å². The number of ether oxygens (including phenoxy) is 1. The zero-order chi connectivity index (χ0) is 14.7. The monoisotopic (exact) mass is 283 g/mol. The normalized spacial score (nSPS) is 12.5. The molecule has 1 heterocycles. The fraction of sp³-hybridized carbons (Fsp3) is 0.214. The lowest BCUT2D eigenvalue weighted by Crippen LogP contribution is -2.04. The van der Waals surface area contributed by atoms with Crippen LogP contribution in [0, 0.1) is 5.82 Å². The molecule has 0 radical (unpaired) electrons. The number of aliphatic hydroxyl groups is 1. The van der Waals surface area contributed by atoms with E-state index >= 15 is 0 Å². The number of hydrogen-bond acceptors (Lipinski definition) is 3. The minimum Gasteiger partial charge on any atom is -0.435 e. The maximum atomic E-state index is 13.7. The van der Waals surface area contributed by atoms with E-state index in [2.05, 4.69) is 9.72 Å². The molecule has 0 saturated carbocycles. The van der Waals surface area contributed by atoms with Crippen molar-refractivity contribution >= 4 is 0 Å². The van der Waals surface area contributed by atoms with E-state index in [0.717, 1.165) is 0 Å². The maximum Gasteiger partial charge on any atom is 0.387 e. The smallest absolute Gasteiger partial charge is 0.387 e. The van der Waals surface area contributed by atoms with Crippen molar-refractivity contribution in [3.8, 4) is 17.0 Å². The second-order valence-electron chi connectivity index (χ2n) is 4.14. The third-order valence-electron chi connectivity index (χ3n) is 2.71. The average Bonchev–Trinajstić information content (AvgIpc) is 2.39. The van der Waals surface area contributed by atoms with Crippen LogP contribution in [0.4, 0.5) is 13.2 Å². The first-order chi connectivity index (χ1) is 9.49. The summed E-state index contributed by atoms with van der Waals surface area (Å²) < 4.78 is 42.4. The second-order valence-corrected chi connectivity index (χ2v) is 4.14. The number of aliphatic hydroxyl groups excluding tert-OH is 1. The molecule has 0 spiro atoms. The van der Waals surface area contributed by atoms with Crippen LogP contribution in [0.25, 0.3) is 11.3 Å². The van der Waals surface area contributed by atoms with Crippen molar-refractivity contribution in [2.75, 3.05) is 0 Å². The summed E-state index contributed by atoms with van der Waals surface area (Å²) in [6.07, 6.45) is 0.431. The van der Waals surface area contributed by atoms with Gasteiger partial charge in [0.05, 0.1) is 6.10 Å². The Bertz CT molecular complexity index is 603. The molecule has 2 aromatic rings. The first-order valence-electron chi connectivity index (χ1n) is 5.86. The highest BCUT2D eigenvalue weighted by Gasteiger charge is 2.16. The van der Waals surface area contributed by atoms with E-state index in [1.54, 1.807) is 0 Å². The summed E-state index contributed by atoms with van der Waals surface area (Å²) in [5.41, 5.74) is 0.646. The Kier molecular flexibility index (Phi) is 4.24. The zero-order valence-electron chi connectivity index (χ0n) is 10.6. The summed E-state index contributed by atoms with van der Waals surface area (Å²) in [5, 5.41) is 9.72. The molecule has 106 valence electrons. The van der Waals surface area contributed by atoms with E-state index in [1.165, 1.54) is 43.5 Å². The van der Waals surface area contributed by atoms with Gasteiger partial charge in [0, 0.05) is 11.8 Å². The molecule has 0 aliphatic heterocycles. The van der Waals surface area contributed by atoms with Gasteiger partial charge in [0.15, 0.2) is 0 Å². The maximum absolute atomic E-state index is 13.7. The number of benzene rings is 1. The summed E-state index contributed by atoms with van der Waals surface area (Å²) in [4.78, 5) is 3.91. The summed E-state index contributed by atoms with van der Waals surface area (Å²) in [7, 11) is 0. The Morgan fingerprint density at radius 3 is 2.60 bits per heavy atom. The lowest BCUT2D eigenvalue weighted by atomic mass is 9.99. The van der Waals surface area contributed by atoms with Gasteiger partial charge >= 0.3 is 6.61 Å². The van der Waals surface area contributed by atoms with Crippen molar-refractivity contribution in [1.82, 2.24) is 4.98 Å². The molecule has 1 aromatic heterocycles. The standard InChI is InChI=1S/C14H12F3NO2/c1-8(19)11-7-9(20-14(16)17)4-5-10(11)13-12(15)3-2-6-18-13/h2-8,14,19H,1H3/t8-/m0/s1. The molecule has 0 aliphatic carbocycles. The molecular formula is C14H12F3NO2. The van der Waals surface area contributed by atoms with Gasteiger partial charge in [-0.3, -0.25) is 4.98 Å². The van der Waals surface area contributed by atoms with E-state index in [4.69, 9.17) is 0 Å². The minimum atomic E-state index is -2.96. The van der Waals surface area contributed by atoms with Gasteiger partial charge in [-0.1, -0.05) is 0 Å². The van der Waals surface area contributed by atoms with Gasteiger partial charge in [0.25, 0.3) is 0 Å². The quantitative estimate of drug-likeness (QED) is 0.933. The van der Waals surface area contributed by atoms with Crippen molar-refractivity contribution in [3.63, 3.8) is 0 Å². The van der Waals surface area contributed by atoms with E-state index in [-0.39, 0.29) is 17.0 Å². The van der Waals surface area contributed by atoms with Crippen LogP contribution in [0.1, 0.15) is 18.6 Å². The van der Waals surface area contributed by atoms with Crippen molar-refractivity contribution in [1.29, 1.82) is 0 Å². The lowest BCUT2D eigenvalue weighted by Gasteiger charge is -2.14. The second kappa shape index (κ2) is 5.92. The largest absolute Gasteiger partial charge is 0.435 e. The lowest BCUT2D eigenvalue weighted by molar-refractivity contribution is -0.0499. The number of nitrogens with zero attached hydrogens (tertiary/aromatic N) is 1. The number of hydrogen-bond donors (Lipinski definition) is 1. The fourth-order valence-corrected chi connectivity index (χ4v) is 1.86. The van der Waals surface area contributed by atoms with Crippen LogP contribution in [-0.4, -0.2) is 16.7 Å². The summed E-state index contributed by atoms with van der Waals surface area (Å²) in [6.45, 7) is -1.51. The molecule has 20 heavy (non-hydrogen) atoms. The number of halogens is 3. The Balaban J connectivity index is 2.51. The van der Waals surface area contributed by atoms with Crippen LogP contribution < -0.4 is 4.74 Å². The Morgan fingerprint density at radius 1 is 1.25 bits per heavy atom. The Hall–Kier alpha value is -2.08. The van der Waals surface area contributed by atoms with Crippen molar-refractivity contribution in [3.05, 3.63) is 47.9 Å². The first kappa shape index (κ1) is 14.3. The molecule has 0 amide bonds. The molecule has 3 nitrogen and oxygen atoms in total. The minimum absolute atomic E-state index is 0.0481. The molecule has 0 unspecified atom stereocenters. The molecule has 0 saturated heterocycles. The van der Waals surface area contributed by atoms with Crippen molar-refractivity contribution in [2.24, 2.45) is 0 Å². The molecule has 1 aromatic carbocycles. The van der Waals surface area contributed by atoms with E-state index in [0.29, 0.717) is 5.56 Å². The van der Waals surface area contributed by atoms with E-state index < -0.39 is 18.5 Å². The van der Waals surface area contributed by atoms with Gasteiger partial charge in [-0.15, -0.1) is 0 Å². The average molecular weight is 283 g/mol. The molecule has 0 aliphatic rings. The molecule has 1 atom stereocenters. The molecule has 1 N–H and O–H groups in total. The molecule has 0 fully saturated rings. The van der Waals surface area contributed by atoms with Crippen LogP contribution in [-0.2, 0) is 0 Å². The highest BCUT2D eigenvalue weighted by atomic mass is 19.3. The van der Waals surface area contributed by atoms with Gasteiger partial charge in [-0.05, 0) is 42.8 Å². The van der Waals surface area contributed by atoms with Gasteiger partial charge < -0.3 is 9.84 Å². The SMILES string of the molecule is C[C@H](O)c1cc(OC(F)F)ccc1-c1ncccc1F. The zero-order valence-corrected chi connectivity index (χ0v) is 10.6. The van der Waals surface area contributed by atoms with Gasteiger partial charge in [-0.25, -0.2) is 4.39 Å². The van der Waals surface area contributed by atoms with Crippen LogP contribution in [0.3, 0.4) is 0 Å².